The van der Waals surface area contributed by atoms with Crippen molar-refractivity contribution in [2.75, 3.05) is 13.1 Å². The van der Waals surface area contributed by atoms with Gasteiger partial charge < -0.3 is 20.5 Å². The molecule has 1 aliphatic heterocycles. The Morgan fingerprint density at radius 3 is 2.76 bits per heavy atom. The first-order chi connectivity index (χ1) is 10.2. The zero-order valence-corrected chi connectivity index (χ0v) is 11.7. The van der Waals surface area contributed by atoms with E-state index in [-0.39, 0.29) is 25.4 Å². The quantitative estimate of drug-likeness (QED) is 0.714. The van der Waals surface area contributed by atoms with Crippen LogP contribution in [-0.2, 0) is 16.1 Å². The number of Topliss-reactive ketones (excluding diaryl/α,β-unsaturated/α-hetero) is 1. The SMILES string of the molecule is O=C(NCCC(=O)[C@H]1NCCC1O)OCc1ccccc1. The Morgan fingerprint density at radius 2 is 2.10 bits per heavy atom. The largest absolute Gasteiger partial charge is 0.445 e. The highest BCUT2D eigenvalue weighted by Crippen LogP contribution is 2.08. The fraction of sp³-hybridized carbons (Fsp3) is 0.467. The van der Waals surface area contributed by atoms with Crippen molar-refractivity contribution >= 4 is 11.9 Å². The highest BCUT2D eigenvalue weighted by molar-refractivity contribution is 5.85. The van der Waals surface area contributed by atoms with Crippen LogP contribution in [0.25, 0.3) is 0 Å². The second kappa shape index (κ2) is 7.75. The van der Waals surface area contributed by atoms with E-state index >= 15 is 0 Å². The molecule has 6 heteroatoms. The number of aliphatic hydroxyl groups is 1. The molecule has 1 aliphatic rings. The number of rotatable bonds is 6. The van der Waals surface area contributed by atoms with Crippen LogP contribution >= 0.6 is 0 Å². The maximum absolute atomic E-state index is 11.8. The molecule has 2 rings (SSSR count). The Morgan fingerprint density at radius 1 is 1.33 bits per heavy atom. The average molecular weight is 292 g/mol. The predicted molar refractivity (Wildman–Crippen MR) is 76.7 cm³/mol. The molecule has 0 aliphatic carbocycles. The lowest BCUT2D eigenvalue weighted by Crippen LogP contribution is -2.40. The molecule has 0 aromatic heterocycles. The molecule has 0 radical (unpaired) electrons. The van der Waals surface area contributed by atoms with E-state index < -0.39 is 18.2 Å². The van der Waals surface area contributed by atoms with Crippen molar-refractivity contribution in [3.63, 3.8) is 0 Å². The van der Waals surface area contributed by atoms with Gasteiger partial charge in [0.05, 0.1) is 12.1 Å². The molecule has 0 spiro atoms. The van der Waals surface area contributed by atoms with Gasteiger partial charge in [0.15, 0.2) is 5.78 Å². The molecule has 1 aromatic carbocycles. The van der Waals surface area contributed by atoms with Crippen molar-refractivity contribution in [2.45, 2.75) is 31.6 Å². The lowest BCUT2D eigenvalue weighted by atomic mass is 10.1. The Labute approximate surface area is 123 Å². The van der Waals surface area contributed by atoms with Crippen LogP contribution in [0.1, 0.15) is 18.4 Å². The van der Waals surface area contributed by atoms with Crippen LogP contribution in [0.15, 0.2) is 30.3 Å². The van der Waals surface area contributed by atoms with Crippen molar-refractivity contribution in [3.05, 3.63) is 35.9 Å². The van der Waals surface area contributed by atoms with Gasteiger partial charge in [-0.2, -0.15) is 0 Å². The summed E-state index contributed by atoms with van der Waals surface area (Å²) < 4.78 is 5.03. The van der Waals surface area contributed by atoms with E-state index in [1.54, 1.807) is 0 Å². The molecule has 114 valence electrons. The van der Waals surface area contributed by atoms with Gasteiger partial charge in [-0.25, -0.2) is 4.79 Å². The van der Waals surface area contributed by atoms with Gasteiger partial charge in [-0.15, -0.1) is 0 Å². The van der Waals surface area contributed by atoms with Gasteiger partial charge in [0, 0.05) is 13.0 Å². The van der Waals surface area contributed by atoms with E-state index in [0.29, 0.717) is 13.0 Å². The van der Waals surface area contributed by atoms with E-state index in [1.807, 2.05) is 30.3 Å². The fourth-order valence-corrected chi connectivity index (χ4v) is 2.24. The predicted octanol–water partition coefficient (Wildman–Crippen LogP) is 0.595. The number of nitrogens with one attached hydrogen (secondary N) is 2. The maximum atomic E-state index is 11.8. The summed E-state index contributed by atoms with van der Waals surface area (Å²) in [5.41, 5.74) is 0.905. The van der Waals surface area contributed by atoms with Gasteiger partial charge in [-0.1, -0.05) is 30.3 Å². The van der Waals surface area contributed by atoms with Crippen LogP contribution in [0.3, 0.4) is 0 Å². The molecule has 0 bridgehead atoms. The van der Waals surface area contributed by atoms with Crippen LogP contribution < -0.4 is 10.6 Å². The van der Waals surface area contributed by atoms with Gasteiger partial charge in [0.1, 0.15) is 6.61 Å². The molecular formula is C15H20N2O4. The minimum atomic E-state index is -0.623. The number of ketones is 1. The van der Waals surface area contributed by atoms with E-state index in [2.05, 4.69) is 10.6 Å². The fourth-order valence-electron chi connectivity index (χ4n) is 2.24. The van der Waals surface area contributed by atoms with Crippen LogP contribution in [-0.4, -0.2) is 42.2 Å². The zero-order valence-electron chi connectivity index (χ0n) is 11.7. The lowest BCUT2D eigenvalue weighted by Gasteiger charge is -2.13. The number of hydrogen-bond acceptors (Lipinski definition) is 5. The first kappa shape index (κ1) is 15.5. The van der Waals surface area contributed by atoms with Crippen molar-refractivity contribution < 1.29 is 19.4 Å². The second-order valence-electron chi connectivity index (χ2n) is 4.99. The summed E-state index contributed by atoms with van der Waals surface area (Å²) >= 11 is 0. The number of amides is 1. The molecule has 1 fully saturated rings. The summed E-state index contributed by atoms with van der Waals surface area (Å²) in [5.74, 6) is -0.0941. The minimum absolute atomic E-state index is 0.0941. The van der Waals surface area contributed by atoms with Crippen LogP contribution in [0.5, 0.6) is 0 Å². The molecule has 6 nitrogen and oxygen atoms in total. The molecule has 1 unspecified atom stereocenters. The second-order valence-corrected chi connectivity index (χ2v) is 4.99. The van der Waals surface area contributed by atoms with Crippen LogP contribution in [0.4, 0.5) is 4.79 Å². The van der Waals surface area contributed by atoms with Crippen LogP contribution in [0, 0.1) is 0 Å². The van der Waals surface area contributed by atoms with Gasteiger partial charge in [0.2, 0.25) is 0 Å². The molecule has 2 atom stereocenters. The van der Waals surface area contributed by atoms with E-state index in [1.165, 1.54) is 0 Å². The summed E-state index contributed by atoms with van der Waals surface area (Å²) in [7, 11) is 0. The van der Waals surface area contributed by atoms with E-state index in [4.69, 9.17) is 4.74 Å². The summed E-state index contributed by atoms with van der Waals surface area (Å²) in [5, 5.41) is 15.1. The molecule has 3 N–H and O–H groups in total. The van der Waals surface area contributed by atoms with Gasteiger partial charge in [-0.05, 0) is 18.5 Å². The Hall–Kier alpha value is -1.92. The Kier molecular flexibility index (Phi) is 5.71. The Balaban J connectivity index is 1.62. The standard InChI is InChI=1S/C15H20N2O4/c18-12-6-8-16-14(12)13(19)7-9-17-15(20)21-10-11-4-2-1-3-5-11/h1-5,12,14,16,18H,6-10H2,(H,17,20)/t12?,14-/m0/s1. The minimum Gasteiger partial charge on any atom is -0.445 e. The molecule has 1 saturated heterocycles. The smallest absolute Gasteiger partial charge is 0.407 e. The zero-order chi connectivity index (χ0) is 15.1. The molecule has 21 heavy (non-hydrogen) atoms. The third-order valence-electron chi connectivity index (χ3n) is 3.39. The summed E-state index contributed by atoms with van der Waals surface area (Å²) in [4.78, 5) is 23.3. The maximum Gasteiger partial charge on any atom is 0.407 e. The monoisotopic (exact) mass is 292 g/mol. The Bertz CT molecular complexity index is 478. The first-order valence-corrected chi connectivity index (χ1v) is 7.05. The topological polar surface area (TPSA) is 87.7 Å². The molecule has 1 aromatic rings. The average Bonchev–Trinajstić information content (AvgIpc) is 2.92. The van der Waals surface area contributed by atoms with Gasteiger partial charge in [-0.3, -0.25) is 4.79 Å². The van der Waals surface area contributed by atoms with Crippen molar-refractivity contribution in [1.82, 2.24) is 10.6 Å². The normalized spacial score (nSPS) is 21.0. The lowest BCUT2D eigenvalue weighted by molar-refractivity contribution is -0.122. The van der Waals surface area contributed by atoms with Crippen molar-refractivity contribution in [1.29, 1.82) is 0 Å². The first-order valence-electron chi connectivity index (χ1n) is 7.05. The van der Waals surface area contributed by atoms with Crippen molar-refractivity contribution in [3.8, 4) is 0 Å². The number of aliphatic hydroxyl groups excluding tert-OH is 1. The molecular weight excluding hydrogens is 272 g/mol. The third kappa shape index (κ3) is 4.84. The van der Waals surface area contributed by atoms with E-state index in [9.17, 15) is 14.7 Å². The third-order valence-corrected chi connectivity index (χ3v) is 3.39. The number of carbonyl (C=O) groups excluding carboxylic acids is 2. The van der Waals surface area contributed by atoms with Crippen LogP contribution in [0.2, 0.25) is 0 Å². The van der Waals surface area contributed by atoms with Gasteiger partial charge >= 0.3 is 6.09 Å². The number of ether oxygens (including phenoxy) is 1. The number of alkyl carbamates (subject to hydrolysis) is 1. The molecule has 1 heterocycles. The van der Waals surface area contributed by atoms with E-state index in [0.717, 1.165) is 5.56 Å². The van der Waals surface area contributed by atoms with Crippen molar-refractivity contribution in [2.24, 2.45) is 0 Å². The molecule has 1 amide bonds. The summed E-state index contributed by atoms with van der Waals surface area (Å²) in [6, 6.07) is 8.85. The number of carbonyl (C=O) groups is 2. The number of benzene rings is 1. The van der Waals surface area contributed by atoms with Gasteiger partial charge in [0.25, 0.3) is 0 Å². The summed E-state index contributed by atoms with van der Waals surface area (Å²) in [6.45, 7) is 1.05. The highest BCUT2D eigenvalue weighted by Gasteiger charge is 2.30. The summed E-state index contributed by atoms with van der Waals surface area (Å²) in [6.07, 6.45) is -0.410. The highest BCUT2D eigenvalue weighted by atomic mass is 16.5. The number of hydrogen-bond donors (Lipinski definition) is 3. The molecule has 0 saturated carbocycles.